The van der Waals surface area contributed by atoms with Crippen molar-refractivity contribution < 1.29 is 9.63 Å². The minimum Gasteiger partial charge on any atom is -0.508 e. The number of phenolic OH excluding ortho intramolecular Hbond substituents is 1. The Kier molecular flexibility index (Phi) is 3.04. The van der Waals surface area contributed by atoms with E-state index in [0.29, 0.717) is 24.0 Å². The van der Waals surface area contributed by atoms with E-state index in [1.54, 1.807) is 30.5 Å². The molecular formula is C14H12N4O2. The quantitative estimate of drug-likeness (QED) is 0.754. The van der Waals surface area contributed by atoms with Gasteiger partial charge in [-0.3, -0.25) is 0 Å². The van der Waals surface area contributed by atoms with Gasteiger partial charge in [0, 0.05) is 12.6 Å². The molecule has 3 aromatic rings. The molecule has 0 saturated carbocycles. The van der Waals surface area contributed by atoms with E-state index in [0.717, 1.165) is 11.1 Å². The van der Waals surface area contributed by atoms with Crippen LogP contribution in [-0.2, 0) is 6.42 Å². The minimum atomic E-state index is 0.232. The van der Waals surface area contributed by atoms with Gasteiger partial charge in [0.25, 0.3) is 5.89 Å². The van der Waals surface area contributed by atoms with Gasteiger partial charge in [0.2, 0.25) is 0 Å². The van der Waals surface area contributed by atoms with Crippen LogP contribution < -0.4 is 5.73 Å². The molecule has 0 bridgehead atoms. The van der Waals surface area contributed by atoms with Gasteiger partial charge in [0.05, 0.1) is 5.56 Å². The first-order valence-electron chi connectivity index (χ1n) is 6.03. The zero-order chi connectivity index (χ0) is 13.9. The summed E-state index contributed by atoms with van der Waals surface area (Å²) in [5, 5.41) is 13.2. The topological polar surface area (TPSA) is 98.1 Å². The molecule has 6 nitrogen and oxygen atoms in total. The van der Waals surface area contributed by atoms with Crippen LogP contribution in [0.5, 0.6) is 5.75 Å². The second-order valence-electron chi connectivity index (χ2n) is 4.33. The van der Waals surface area contributed by atoms with E-state index in [2.05, 4.69) is 15.1 Å². The van der Waals surface area contributed by atoms with Gasteiger partial charge < -0.3 is 15.4 Å². The van der Waals surface area contributed by atoms with Gasteiger partial charge in [-0.05, 0) is 29.8 Å². The maximum atomic E-state index is 9.23. The Labute approximate surface area is 114 Å². The highest BCUT2D eigenvalue weighted by Crippen LogP contribution is 2.18. The number of aromatic nitrogens is 3. The average molecular weight is 268 g/mol. The summed E-state index contributed by atoms with van der Waals surface area (Å²) in [6.07, 6.45) is 2.12. The van der Waals surface area contributed by atoms with Crippen molar-refractivity contribution in [1.82, 2.24) is 15.1 Å². The Morgan fingerprint density at radius 3 is 2.60 bits per heavy atom. The standard InChI is InChI=1S/C14H12N4O2/c15-12-6-3-10(8-16-12)14-17-13(18-20-14)7-9-1-4-11(19)5-2-9/h1-6,8,19H,7H2,(H2,15,16). The van der Waals surface area contributed by atoms with E-state index >= 15 is 0 Å². The van der Waals surface area contributed by atoms with Crippen molar-refractivity contribution in [2.24, 2.45) is 0 Å². The summed E-state index contributed by atoms with van der Waals surface area (Å²) in [4.78, 5) is 8.29. The Bertz CT molecular complexity index is 705. The minimum absolute atomic E-state index is 0.232. The molecule has 20 heavy (non-hydrogen) atoms. The van der Waals surface area contributed by atoms with Crippen LogP contribution in [0.3, 0.4) is 0 Å². The molecule has 0 amide bonds. The van der Waals surface area contributed by atoms with Crippen molar-refractivity contribution in [3.63, 3.8) is 0 Å². The second kappa shape index (κ2) is 5.00. The number of hydrogen-bond acceptors (Lipinski definition) is 6. The molecule has 0 unspecified atom stereocenters. The van der Waals surface area contributed by atoms with E-state index in [1.165, 1.54) is 0 Å². The van der Waals surface area contributed by atoms with Crippen molar-refractivity contribution >= 4 is 5.82 Å². The Morgan fingerprint density at radius 2 is 1.90 bits per heavy atom. The molecule has 100 valence electrons. The maximum Gasteiger partial charge on any atom is 0.259 e. The van der Waals surface area contributed by atoms with Crippen LogP contribution in [0.15, 0.2) is 47.1 Å². The molecule has 0 spiro atoms. The van der Waals surface area contributed by atoms with E-state index in [4.69, 9.17) is 10.3 Å². The van der Waals surface area contributed by atoms with Gasteiger partial charge in [-0.1, -0.05) is 17.3 Å². The molecule has 0 aliphatic carbocycles. The monoisotopic (exact) mass is 268 g/mol. The van der Waals surface area contributed by atoms with Crippen LogP contribution in [0.2, 0.25) is 0 Å². The highest BCUT2D eigenvalue weighted by molar-refractivity contribution is 5.53. The highest BCUT2D eigenvalue weighted by Gasteiger charge is 2.09. The summed E-state index contributed by atoms with van der Waals surface area (Å²) in [5.41, 5.74) is 7.24. The van der Waals surface area contributed by atoms with E-state index in [1.807, 2.05) is 12.1 Å². The van der Waals surface area contributed by atoms with Crippen molar-refractivity contribution in [1.29, 1.82) is 0 Å². The lowest BCUT2D eigenvalue weighted by molar-refractivity contribution is 0.424. The molecule has 3 N–H and O–H groups in total. The van der Waals surface area contributed by atoms with Crippen LogP contribution in [0.1, 0.15) is 11.4 Å². The molecule has 3 rings (SSSR count). The fourth-order valence-electron chi connectivity index (χ4n) is 1.77. The number of anilines is 1. The van der Waals surface area contributed by atoms with Gasteiger partial charge in [-0.25, -0.2) is 4.98 Å². The number of nitrogen functional groups attached to an aromatic ring is 1. The lowest BCUT2D eigenvalue weighted by atomic mass is 10.1. The molecular weight excluding hydrogens is 256 g/mol. The lowest BCUT2D eigenvalue weighted by Crippen LogP contribution is -1.91. The van der Waals surface area contributed by atoms with Crippen LogP contribution in [0.4, 0.5) is 5.82 Å². The number of nitrogens with zero attached hydrogens (tertiary/aromatic N) is 3. The van der Waals surface area contributed by atoms with Crippen LogP contribution in [-0.4, -0.2) is 20.2 Å². The first kappa shape index (κ1) is 12.2. The first-order chi connectivity index (χ1) is 9.70. The Balaban J connectivity index is 1.80. The third-order valence-corrected chi connectivity index (χ3v) is 2.80. The van der Waals surface area contributed by atoms with Gasteiger partial charge in [0.1, 0.15) is 11.6 Å². The lowest BCUT2D eigenvalue weighted by Gasteiger charge is -1.96. The summed E-state index contributed by atoms with van der Waals surface area (Å²) in [6.45, 7) is 0. The Hall–Kier alpha value is -2.89. The van der Waals surface area contributed by atoms with Crippen molar-refractivity contribution in [2.45, 2.75) is 6.42 Å². The molecule has 1 aromatic carbocycles. The number of phenols is 1. The summed E-state index contributed by atoms with van der Waals surface area (Å²) in [6, 6.07) is 10.3. The second-order valence-corrected chi connectivity index (χ2v) is 4.33. The van der Waals surface area contributed by atoms with Crippen molar-refractivity contribution in [2.75, 3.05) is 5.73 Å². The molecule has 2 aromatic heterocycles. The normalized spacial score (nSPS) is 10.6. The van der Waals surface area contributed by atoms with Crippen molar-refractivity contribution in [3.8, 4) is 17.2 Å². The Morgan fingerprint density at radius 1 is 1.10 bits per heavy atom. The molecule has 2 heterocycles. The van der Waals surface area contributed by atoms with E-state index in [-0.39, 0.29) is 5.75 Å². The number of nitrogens with two attached hydrogens (primary N) is 1. The molecule has 0 aliphatic heterocycles. The smallest absolute Gasteiger partial charge is 0.259 e. The average Bonchev–Trinajstić information content (AvgIpc) is 2.91. The summed E-state index contributed by atoms with van der Waals surface area (Å²) < 4.78 is 5.20. The molecule has 0 radical (unpaired) electrons. The van der Waals surface area contributed by atoms with Gasteiger partial charge >= 0.3 is 0 Å². The maximum absolute atomic E-state index is 9.23. The fourth-order valence-corrected chi connectivity index (χ4v) is 1.77. The number of benzene rings is 1. The molecule has 0 saturated heterocycles. The van der Waals surface area contributed by atoms with Gasteiger partial charge in [-0.15, -0.1) is 0 Å². The summed E-state index contributed by atoms with van der Waals surface area (Å²) in [5.74, 6) is 1.65. The van der Waals surface area contributed by atoms with Gasteiger partial charge in [0.15, 0.2) is 5.82 Å². The predicted molar refractivity (Wildman–Crippen MR) is 72.9 cm³/mol. The van der Waals surface area contributed by atoms with Gasteiger partial charge in [-0.2, -0.15) is 4.98 Å². The number of aromatic hydroxyl groups is 1. The van der Waals surface area contributed by atoms with E-state index in [9.17, 15) is 5.11 Å². The zero-order valence-corrected chi connectivity index (χ0v) is 10.5. The summed E-state index contributed by atoms with van der Waals surface area (Å²) >= 11 is 0. The first-order valence-corrected chi connectivity index (χ1v) is 6.03. The number of rotatable bonds is 3. The van der Waals surface area contributed by atoms with Crippen LogP contribution in [0.25, 0.3) is 11.5 Å². The summed E-state index contributed by atoms with van der Waals surface area (Å²) in [7, 11) is 0. The third-order valence-electron chi connectivity index (χ3n) is 2.80. The highest BCUT2D eigenvalue weighted by atomic mass is 16.5. The third kappa shape index (κ3) is 2.59. The molecule has 0 fully saturated rings. The molecule has 0 aliphatic rings. The largest absolute Gasteiger partial charge is 0.508 e. The number of hydrogen-bond donors (Lipinski definition) is 2. The van der Waals surface area contributed by atoms with Crippen LogP contribution >= 0.6 is 0 Å². The van der Waals surface area contributed by atoms with Crippen molar-refractivity contribution in [3.05, 3.63) is 54.0 Å². The molecule has 0 atom stereocenters. The van der Waals surface area contributed by atoms with E-state index < -0.39 is 0 Å². The SMILES string of the molecule is Nc1ccc(-c2nc(Cc3ccc(O)cc3)no2)cn1. The van der Waals surface area contributed by atoms with Crippen LogP contribution in [0, 0.1) is 0 Å². The number of pyridine rings is 1. The molecule has 6 heteroatoms. The zero-order valence-electron chi connectivity index (χ0n) is 10.5. The predicted octanol–water partition coefficient (Wildman–Crippen LogP) is 2.01. The fraction of sp³-hybridized carbons (Fsp3) is 0.0714.